The van der Waals surface area contributed by atoms with Crippen LogP contribution in [0.3, 0.4) is 0 Å². The molecule has 2 rings (SSSR count). The van der Waals surface area contributed by atoms with E-state index in [1.165, 1.54) is 24.3 Å². The van der Waals surface area contributed by atoms with E-state index < -0.39 is 18.2 Å². The molecule has 0 aromatic heterocycles. The summed E-state index contributed by atoms with van der Waals surface area (Å²) < 4.78 is 42.6. The first kappa shape index (κ1) is 15.3. The van der Waals surface area contributed by atoms with E-state index in [1.54, 1.807) is 0 Å². The minimum atomic E-state index is -3.13. The van der Waals surface area contributed by atoms with Gasteiger partial charge in [0.2, 0.25) is 0 Å². The molecule has 1 nitrogen and oxygen atoms in total. The van der Waals surface area contributed by atoms with Crippen LogP contribution in [0, 0.1) is 5.82 Å². The van der Waals surface area contributed by atoms with Gasteiger partial charge in [0.25, 0.3) is 0 Å². The van der Waals surface area contributed by atoms with Crippen molar-refractivity contribution in [2.75, 3.05) is 0 Å². The number of hydrogen-bond donors (Lipinski definition) is 0. The van der Waals surface area contributed by atoms with E-state index in [0.29, 0.717) is 0 Å². The second-order valence-electron chi connectivity index (χ2n) is 3.75. The van der Waals surface area contributed by atoms with Crippen molar-refractivity contribution in [2.45, 2.75) is 6.61 Å². The second kappa shape index (κ2) is 6.12. The Labute approximate surface area is 127 Å². The topological polar surface area (TPSA) is 9.23 Å². The van der Waals surface area contributed by atoms with Crippen LogP contribution in [-0.4, -0.2) is 6.61 Å². The molecule has 0 amide bonds. The first-order chi connectivity index (χ1) is 9.40. The zero-order chi connectivity index (χ0) is 14.9. The van der Waals surface area contributed by atoms with Gasteiger partial charge in [-0.25, -0.2) is 4.39 Å². The van der Waals surface area contributed by atoms with Crippen LogP contribution in [0.25, 0.3) is 11.1 Å². The molecule has 0 bridgehead atoms. The van der Waals surface area contributed by atoms with Crippen molar-refractivity contribution in [3.05, 3.63) is 51.2 Å². The van der Waals surface area contributed by atoms with Gasteiger partial charge in [0.1, 0.15) is 0 Å². The van der Waals surface area contributed by atoms with Gasteiger partial charge in [-0.3, -0.25) is 0 Å². The maximum atomic E-state index is 14.2. The third-order valence-electron chi connectivity index (χ3n) is 2.46. The molecule has 0 aliphatic rings. The summed E-state index contributed by atoms with van der Waals surface area (Å²) in [6.07, 6.45) is 0. The smallest absolute Gasteiger partial charge is 0.387 e. The molecule has 0 saturated heterocycles. The molecule has 0 atom stereocenters. The lowest BCUT2D eigenvalue weighted by molar-refractivity contribution is -0.0521. The third kappa shape index (κ3) is 3.14. The largest absolute Gasteiger partial charge is 0.432 e. The molecule has 0 unspecified atom stereocenters. The van der Waals surface area contributed by atoms with Gasteiger partial charge in [0, 0.05) is 16.1 Å². The van der Waals surface area contributed by atoms with Crippen LogP contribution in [0.4, 0.5) is 13.2 Å². The van der Waals surface area contributed by atoms with E-state index in [1.807, 2.05) is 0 Å². The van der Waals surface area contributed by atoms with Crippen LogP contribution in [0.1, 0.15) is 0 Å². The van der Waals surface area contributed by atoms with Crippen molar-refractivity contribution in [3.8, 4) is 16.9 Å². The monoisotopic (exact) mass is 340 g/mol. The Morgan fingerprint density at radius 2 is 1.70 bits per heavy atom. The molecule has 106 valence electrons. The van der Waals surface area contributed by atoms with Gasteiger partial charge in [0.15, 0.2) is 11.6 Å². The Morgan fingerprint density at radius 1 is 1.00 bits per heavy atom. The van der Waals surface area contributed by atoms with Gasteiger partial charge in [-0.15, -0.1) is 0 Å². The minimum Gasteiger partial charge on any atom is -0.432 e. The molecule has 0 aliphatic carbocycles. The summed E-state index contributed by atoms with van der Waals surface area (Å²) in [6, 6.07) is 6.60. The molecule has 0 N–H and O–H groups in total. The van der Waals surface area contributed by atoms with Gasteiger partial charge >= 0.3 is 6.61 Å². The summed E-state index contributed by atoms with van der Waals surface area (Å²) in [5.41, 5.74) is 0.166. The van der Waals surface area contributed by atoms with Crippen molar-refractivity contribution < 1.29 is 17.9 Å². The average molecular weight is 342 g/mol. The summed E-state index contributed by atoms with van der Waals surface area (Å²) in [4.78, 5) is 0. The fourth-order valence-corrected chi connectivity index (χ4v) is 2.36. The predicted molar refractivity (Wildman–Crippen MR) is 73.5 cm³/mol. The Balaban J connectivity index is 2.59. The lowest BCUT2D eigenvalue weighted by Gasteiger charge is -2.11. The van der Waals surface area contributed by atoms with E-state index in [9.17, 15) is 13.2 Å². The number of ether oxygens (including phenoxy) is 1. The van der Waals surface area contributed by atoms with Crippen LogP contribution in [0.5, 0.6) is 5.75 Å². The lowest BCUT2D eigenvalue weighted by Crippen LogP contribution is -2.04. The summed E-state index contributed by atoms with van der Waals surface area (Å²) in [7, 11) is 0. The van der Waals surface area contributed by atoms with Crippen molar-refractivity contribution in [1.29, 1.82) is 0 Å². The molecule has 2 aromatic carbocycles. The van der Waals surface area contributed by atoms with E-state index >= 15 is 0 Å². The zero-order valence-electron chi connectivity index (χ0n) is 9.64. The van der Waals surface area contributed by atoms with Crippen molar-refractivity contribution >= 4 is 34.8 Å². The van der Waals surface area contributed by atoms with Crippen LogP contribution in [-0.2, 0) is 0 Å². The second-order valence-corrected chi connectivity index (χ2v) is 4.97. The number of rotatable bonds is 3. The molecule has 2 aromatic rings. The fraction of sp³-hybridized carbons (Fsp3) is 0.0769. The normalized spacial score (nSPS) is 10.9. The van der Waals surface area contributed by atoms with Gasteiger partial charge < -0.3 is 4.74 Å². The summed E-state index contributed by atoms with van der Waals surface area (Å²) >= 11 is 17.7. The van der Waals surface area contributed by atoms with Crippen molar-refractivity contribution in [2.24, 2.45) is 0 Å². The molecule has 0 fully saturated rings. The molecule has 0 radical (unpaired) electrons. The Kier molecular flexibility index (Phi) is 4.68. The van der Waals surface area contributed by atoms with Crippen LogP contribution in [0.15, 0.2) is 30.3 Å². The number of benzene rings is 2. The maximum absolute atomic E-state index is 14.2. The molecule has 20 heavy (non-hydrogen) atoms. The highest BCUT2D eigenvalue weighted by Gasteiger charge is 2.17. The average Bonchev–Trinajstić information content (AvgIpc) is 2.36. The standard InChI is InChI=1S/C13H6Cl3F3O/c14-6-4-8(11(16)9(15)5-6)7-2-1-3-10(12(7)17)20-13(18)19/h1-5,13H. The summed E-state index contributed by atoms with van der Waals surface area (Å²) in [6.45, 7) is -3.13. The molecule has 0 spiro atoms. The van der Waals surface area contributed by atoms with E-state index in [4.69, 9.17) is 34.8 Å². The SMILES string of the molecule is Fc1c(OC(F)F)cccc1-c1cc(Cl)cc(Cl)c1Cl. The third-order valence-corrected chi connectivity index (χ3v) is 3.48. The highest BCUT2D eigenvalue weighted by molar-refractivity contribution is 6.45. The number of alkyl halides is 2. The molecular formula is C13H6Cl3F3O. The highest BCUT2D eigenvalue weighted by atomic mass is 35.5. The quantitative estimate of drug-likeness (QED) is 0.617. The van der Waals surface area contributed by atoms with E-state index in [0.717, 1.165) is 6.07 Å². The van der Waals surface area contributed by atoms with Crippen LogP contribution < -0.4 is 4.74 Å². The molecule has 0 heterocycles. The van der Waals surface area contributed by atoms with Crippen molar-refractivity contribution in [3.63, 3.8) is 0 Å². The van der Waals surface area contributed by atoms with Crippen molar-refractivity contribution in [1.82, 2.24) is 0 Å². The zero-order valence-corrected chi connectivity index (χ0v) is 11.9. The van der Waals surface area contributed by atoms with Gasteiger partial charge in [-0.1, -0.05) is 46.9 Å². The van der Waals surface area contributed by atoms with Crippen LogP contribution in [0.2, 0.25) is 15.1 Å². The number of hydrogen-bond acceptors (Lipinski definition) is 1. The van der Waals surface area contributed by atoms with Gasteiger partial charge in [-0.05, 0) is 18.2 Å². The predicted octanol–water partition coefficient (Wildman–Crippen LogP) is 6.05. The first-order valence-electron chi connectivity index (χ1n) is 5.28. The molecule has 0 saturated carbocycles. The van der Waals surface area contributed by atoms with Crippen LogP contribution >= 0.6 is 34.8 Å². The lowest BCUT2D eigenvalue weighted by atomic mass is 10.0. The fourth-order valence-electron chi connectivity index (χ4n) is 1.66. The Morgan fingerprint density at radius 3 is 2.35 bits per heavy atom. The summed E-state index contributed by atoms with van der Waals surface area (Å²) in [5, 5.41) is 0.451. The highest BCUT2D eigenvalue weighted by Crippen LogP contribution is 2.39. The van der Waals surface area contributed by atoms with Gasteiger partial charge in [0.05, 0.1) is 10.0 Å². The molecular weight excluding hydrogens is 335 g/mol. The first-order valence-corrected chi connectivity index (χ1v) is 6.41. The molecule has 0 aliphatic heterocycles. The van der Waals surface area contributed by atoms with E-state index in [2.05, 4.69) is 4.74 Å². The van der Waals surface area contributed by atoms with Gasteiger partial charge in [-0.2, -0.15) is 8.78 Å². The maximum Gasteiger partial charge on any atom is 0.387 e. The number of halogens is 6. The van der Waals surface area contributed by atoms with E-state index in [-0.39, 0.29) is 26.2 Å². The Hall–Kier alpha value is -1.10. The Bertz CT molecular complexity index is 647. The summed E-state index contributed by atoms with van der Waals surface area (Å²) in [5.74, 6) is -1.54. The molecule has 7 heteroatoms. The minimum absolute atomic E-state index is 0.0300.